The highest BCUT2D eigenvalue weighted by molar-refractivity contribution is 5.87. The Hall–Kier alpha value is -3.22. The van der Waals surface area contributed by atoms with Crippen molar-refractivity contribution < 1.29 is 23.5 Å². The van der Waals surface area contributed by atoms with Crippen LogP contribution in [0.1, 0.15) is 53.5 Å². The smallest absolute Gasteiger partial charge is 0.354 e. The average molecular weight is 437 g/mol. The van der Waals surface area contributed by atoms with E-state index in [1.165, 1.54) is 25.5 Å². The van der Waals surface area contributed by atoms with Gasteiger partial charge in [0, 0.05) is 42.7 Å². The van der Waals surface area contributed by atoms with E-state index in [9.17, 15) is 9.59 Å². The first-order valence-corrected chi connectivity index (χ1v) is 11.3. The molecule has 32 heavy (non-hydrogen) atoms. The van der Waals surface area contributed by atoms with Gasteiger partial charge in [-0.1, -0.05) is 0 Å². The number of esters is 1. The van der Waals surface area contributed by atoms with E-state index in [1.807, 2.05) is 39.9 Å². The standard InChI is InChI=1S/C25H28N2O5/c1-30-25(29)21-6-4-12-27(21)17-10-13-26(14-11-17)24(28)16-31-18-8-9-23-20(15-18)19-5-2-3-7-22(19)32-23/h4,6,8-9,12,15,17H,2-3,5,7,10-11,13-14,16H2,1H3. The Labute approximate surface area is 186 Å². The van der Waals surface area contributed by atoms with E-state index in [2.05, 4.69) is 0 Å². The molecule has 3 heterocycles. The fraction of sp³-hybridized carbons (Fsp3) is 0.440. The molecular weight excluding hydrogens is 408 g/mol. The van der Waals surface area contributed by atoms with Crippen molar-refractivity contribution in [3.8, 4) is 5.75 Å². The number of carbonyl (C=O) groups excluding carboxylic acids is 2. The number of fused-ring (bicyclic) bond motifs is 3. The molecule has 0 N–H and O–H groups in total. The molecule has 168 valence electrons. The van der Waals surface area contributed by atoms with Crippen molar-refractivity contribution in [3.63, 3.8) is 0 Å². The summed E-state index contributed by atoms with van der Waals surface area (Å²) in [6, 6.07) is 9.62. The number of methoxy groups -OCH3 is 1. The normalized spacial score (nSPS) is 16.7. The van der Waals surface area contributed by atoms with Gasteiger partial charge in [0.1, 0.15) is 22.8 Å². The molecule has 1 aliphatic carbocycles. The fourth-order valence-corrected chi connectivity index (χ4v) is 4.95. The lowest BCUT2D eigenvalue weighted by atomic mass is 9.96. The Kier molecular flexibility index (Phi) is 5.64. The highest BCUT2D eigenvalue weighted by atomic mass is 16.5. The van der Waals surface area contributed by atoms with Gasteiger partial charge in [0.25, 0.3) is 5.91 Å². The number of likely N-dealkylation sites (tertiary alicyclic amines) is 1. The molecule has 1 saturated heterocycles. The summed E-state index contributed by atoms with van der Waals surface area (Å²) in [7, 11) is 1.39. The van der Waals surface area contributed by atoms with Crippen LogP contribution in [0.5, 0.6) is 5.75 Å². The minimum atomic E-state index is -0.335. The number of hydrogen-bond donors (Lipinski definition) is 0. The number of aryl methyl sites for hydroxylation is 2. The van der Waals surface area contributed by atoms with E-state index in [0.29, 0.717) is 24.5 Å². The maximum absolute atomic E-state index is 12.7. The van der Waals surface area contributed by atoms with Crippen LogP contribution in [0.15, 0.2) is 40.9 Å². The van der Waals surface area contributed by atoms with Gasteiger partial charge < -0.3 is 23.4 Å². The maximum Gasteiger partial charge on any atom is 0.354 e. The Balaban J connectivity index is 1.18. The number of rotatable bonds is 5. The van der Waals surface area contributed by atoms with Gasteiger partial charge in [-0.3, -0.25) is 4.79 Å². The van der Waals surface area contributed by atoms with Gasteiger partial charge in [-0.2, -0.15) is 0 Å². The van der Waals surface area contributed by atoms with Gasteiger partial charge in [0.05, 0.1) is 7.11 Å². The van der Waals surface area contributed by atoms with Gasteiger partial charge in [0.2, 0.25) is 0 Å². The SMILES string of the molecule is COC(=O)c1cccn1C1CCN(C(=O)COc2ccc3oc4c(c3c2)CCCC4)CC1. The first-order chi connectivity index (χ1) is 15.6. The third-order valence-electron chi connectivity index (χ3n) is 6.67. The molecule has 7 heteroatoms. The highest BCUT2D eigenvalue weighted by Crippen LogP contribution is 2.34. The third kappa shape index (κ3) is 3.87. The maximum atomic E-state index is 12.7. The number of hydrogen-bond acceptors (Lipinski definition) is 5. The zero-order valence-electron chi connectivity index (χ0n) is 18.3. The van der Waals surface area contributed by atoms with Crippen molar-refractivity contribution in [2.75, 3.05) is 26.8 Å². The molecule has 2 aromatic heterocycles. The topological polar surface area (TPSA) is 73.9 Å². The molecule has 2 aliphatic rings. The van der Waals surface area contributed by atoms with Crippen molar-refractivity contribution in [1.82, 2.24) is 9.47 Å². The molecule has 3 aromatic rings. The second-order valence-electron chi connectivity index (χ2n) is 8.56. The summed E-state index contributed by atoms with van der Waals surface area (Å²) < 4.78 is 18.7. The molecule has 0 unspecified atom stereocenters. The number of carbonyl (C=O) groups is 2. The average Bonchev–Trinajstić information content (AvgIpc) is 3.47. The van der Waals surface area contributed by atoms with Gasteiger partial charge >= 0.3 is 5.97 Å². The summed E-state index contributed by atoms with van der Waals surface area (Å²) in [5.74, 6) is 1.45. The summed E-state index contributed by atoms with van der Waals surface area (Å²) in [5, 5.41) is 1.11. The quantitative estimate of drug-likeness (QED) is 0.562. The van der Waals surface area contributed by atoms with Crippen LogP contribution in [0.25, 0.3) is 11.0 Å². The fourth-order valence-electron chi connectivity index (χ4n) is 4.95. The minimum Gasteiger partial charge on any atom is -0.484 e. The number of ether oxygens (including phenoxy) is 2. The van der Waals surface area contributed by atoms with Crippen LogP contribution >= 0.6 is 0 Å². The molecule has 0 atom stereocenters. The molecule has 1 aromatic carbocycles. The van der Waals surface area contributed by atoms with Crippen LogP contribution in [0.4, 0.5) is 0 Å². The Morgan fingerprint density at radius 1 is 1.12 bits per heavy atom. The van der Waals surface area contributed by atoms with Crippen LogP contribution < -0.4 is 4.74 Å². The van der Waals surface area contributed by atoms with Gasteiger partial charge in [0.15, 0.2) is 6.61 Å². The third-order valence-corrected chi connectivity index (χ3v) is 6.67. The zero-order chi connectivity index (χ0) is 22.1. The first kappa shape index (κ1) is 20.7. The number of furan rings is 1. The van der Waals surface area contributed by atoms with Crippen LogP contribution in [0.3, 0.4) is 0 Å². The van der Waals surface area contributed by atoms with E-state index in [0.717, 1.165) is 42.4 Å². The van der Waals surface area contributed by atoms with Crippen LogP contribution in [0.2, 0.25) is 0 Å². The molecule has 0 saturated carbocycles. The molecular formula is C25H28N2O5. The molecule has 0 bridgehead atoms. The largest absolute Gasteiger partial charge is 0.484 e. The van der Waals surface area contributed by atoms with E-state index in [4.69, 9.17) is 13.9 Å². The monoisotopic (exact) mass is 436 g/mol. The first-order valence-electron chi connectivity index (χ1n) is 11.3. The molecule has 0 radical (unpaired) electrons. The van der Waals surface area contributed by atoms with E-state index >= 15 is 0 Å². The predicted octanol–water partition coefficient (Wildman–Crippen LogP) is 4.14. The highest BCUT2D eigenvalue weighted by Gasteiger charge is 2.26. The lowest BCUT2D eigenvalue weighted by molar-refractivity contribution is -0.134. The van der Waals surface area contributed by atoms with E-state index < -0.39 is 0 Å². The van der Waals surface area contributed by atoms with Crippen molar-refractivity contribution in [2.24, 2.45) is 0 Å². The lowest BCUT2D eigenvalue weighted by Gasteiger charge is -2.33. The zero-order valence-corrected chi connectivity index (χ0v) is 18.3. The summed E-state index contributed by atoms with van der Waals surface area (Å²) in [4.78, 5) is 26.5. The summed E-state index contributed by atoms with van der Waals surface area (Å²) in [5.41, 5.74) is 2.74. The number of aromatic nitrogens is 1. The summed E-state index contributed by atoms with van der Waals surface area (Å²) in [6.07, 6.45) is 7.88. The molecule has 1 fully saturated rings. The second-order valence-corrected chi connectivity index (χ2v) is 8.56. The summed E-state index contributed by atoms with van der Waals surface area (Å²) >= 11 is 0. The van der Waals surface area contributed by atoms with E-state index in [1.54, 1.807) is 6.07 Å². The predicted molar refractivity (Wildman–Crippen MR) is 119 cm³/mol. The summed E-state index contributed by atoms with van der Waals surface area (Å²) in [6.45, 7) is 1.30. The van der Waals surface area contributed by atoms with Crippen molar-refractivity contribution >= 4 is 22.8 Å². The molecule has 5 rings (SSSR count). The number of nitrogens with zero attached hydrogens (tertiary/aromatic N) is 2. The molecule has 7 nitrogen and oxygen atoms in total. The Morgan fingerprint density at radius 2 is 1.94 bits per heavy atom. The minimum absolute atomic E-state index is 0.0153. The Bertz CT molecular complexity index is 1140. The van der Waals surface area contributed by atoms with Crippen LogP contribution in [0, 0.1) is 0 Å². The molecule has 0 spiro atoms. The van der Waals surface area contributed by atoms with Crippen molar-refractivity contribution in [2.45, 2.75) is 44.6 Å². The number of amides is 1. The second kappa shape index (κ2) is 8.73. The van der Waals surface area contributed by atoms with E-state index in [-0.39, 0.29) is 24.5 Å². The van der Waals surface area contributed by atoms with Crippen LogP contribution in [-0.2, 0) is 22.4 Å². The number of piperidine rings is 1. The lowest BCUT2D eigenvalue weighted by Crippen LogP contribution is -2.41. The Morgan fingerprint density at radius 3 is 2.75 bits per heavy atom. The molecule has 1 aliphatic heterocycles. The van der Waals surface area contributed by atoms with Crippen molar-refractivity contribution in [1.29, 1.82) is 0 Å². The van der Waals surface area contributed by atoms with Crippen molar-refractivity contribution in [3.05, 3.63) is 53.5 Å². The number of benzene rings is 1. The van der Waals surface area contributed by atoms with Crippen LogP contribution in [-0.4, -0.2) is 48.1 Å². The van der Waals surface area contributed by atoms with Gasteiger partial charge in [-0.25, -0.2) is 4.79 Å². The molecule has 1 amide bonds. The van der Waals surface area contributed by atoms with Gasteiger partial charge in [-0.15, -0.1) is 0 Å². The van der Waals surface area contributed by atoms with Gasteiger partial charge in [-0.05, 0) is 62.4 Å².